The quantitative estimate of drug-likeness (QED) is 0.508. The van der Waals surface area contributed by atoms with Crippen LogP contribution < -0.4 is 0 Å². The van der Waals surface area contributed by atoms with Gasteiger partial charge in [0.2, 0.25) is 0 Å². The lowest BCUT2D eigenvalue weighted by Gasteiger charge is -2.31. The maximum absolute atomic E-state index is 6.20. The zero-order valence-electron chi connectivity index (χ0n) is 13.1. The SMILES string of the molecule is CCCO[Si](CCC)(CCCN(C)C)OCCC. The van der Waals surface area contributed by atoms with E-state index in [9.17, 15) is 0 Å². The highest BCUT2D eigenvalue weighted by Gasteiger charge is 2.35. The summed E-state index contributed by atoms with van der Waals surface area (Å²) in [5, 5.41) is 0. The van der Waals surface area contributed by atoms with E-state index in [2.05, 4.69) is 39.8 Å². The lowest BCUT2D eigenvalue weighted by molar-refractivity contribution is 0.165. The molecule has 18 heavy (non-hydrogen) atoms. The summed E-state index contributed by atoms with van der Waals surface area (Å²) in [5.74, 6) is 0. The van der Waals surface area contributed by atoms with E-state index < -0.39 is 8.56 Å². The zero-order valence-corrected chi connectivity index (χ0v) is 14.1. The van der Waals surface area contributed by atoms with Crippen molar-refractivity contribution in [1.29, 1.82) is 0 Å². The van der Waals surface area contributed by atoms with Crippen molar-refractivity contribution in [2.45, 2.75) is 58.5 Å². The molecular formula is C14H33NO2Si. The van der Waals surface area contributed by atoms with Crippen molar-refractivity contribution in [2.24, 2.45) is 0 Å². The van der Waals surface area contributed by atoms with Gasteiger partial charge in [-0.15, -0.1) is 0 Å². The van der Waals surface area contributed by atoms with Gasteiger partial charge in [-0.05, 0) is 52.0 Å². The van der Waals surface area contributed by atoms with Gasteiger partial charge in [-0.1, -0.05) is 27.2 Å². The first-order chi connectivity index (χ1) is 8.60. The van der Waals surface area contributed by atoms with Gasteiger partial charge in [-0.3, -0.25) is 0 Å². The number of nitrogens with zero attached hydrogens (tertiary/aromatic N) is 1. The molecule has 3 nitrogen and oxygen atoms in total. The molecule has 0 aromatic rings. The maximum atomic E-state index is 6.20. The minimum atomic E-state index is -1.93. The lowest BCUT2D eigenvalue weighted by Crippen LogP contribution is -2.43. The van der Waals surface area contributed by atoms with E-state index in [-0.39, 0.29) is 0 Å². The van der Waals surface area contributed by atoms with Crippen LogP contribution in [0.5, 0.6) is 0 Å². The average molecular weight is 276 g/mol. The van der Waals surface area contributed by atoms with Crippen LogP contribution in [-0.2, 0) is 8.85 Å². The van der Waals surface area contributed by atoms with E-state index in [1.165, 1.54) is 12.8 Å². The lowest BCUT2D eigenvalue weighted by atomic mass is 10.5. The monoisotopic (exact) mass is 275 g/mol. The Morgan fingerprint density at radius 1 is 0.833 bits per heavy atom. The Balaban J connectivity index is 4.38. The van der Waals surface area contributed by atoms with Gasteiger partial charge in [0.05, 0.1) is 0 Å². The molecule has 0 aromatic carbocycles. The molecule has 0 N–H and O–H groups in total. The molecule has 0 aliphatic carbocycles. The van der Waals surface area contributed by atoms with Gasteiger partial charge in [-0.25, -0.2) is 0 Å². The fraction of sp³-hybridized carbons (Fsp3) is 1.00. The molecule has 0 amide bonds. The Hall–Kier alpha value is 0.0969. The molecule has 0 saturated heterocycles. The third-order valence-corrected chi connectivity index (χ3v) is 6.77. The second-order valence-electron chi connectivity index (χ2n) is 5.26. The molecule has 110 valence electrons. The predicted molar refractivity (Wildman–Crippen MR) is 81.3 cm³/mol. The van der Waals surface area contributed by atoms with Crippen molar-refractivity contribution in [3.8, 4) is 0 Å². The molecule has 0 unspecified atom stereocenters. The summed E-state index contributed by atoms with van der Waals surface area (Å²) in [5.41, 5.74) is 0. The molecular weight excluding hydrogens is 242 g/mol. The summed E-state index contributed by atoms with van der Waals surface area (Å²) >= 11 is 0. The highest BCUT2D eigenvalue weighted by molar-refractivity contribution is 6.67. The van der Waals surface area contributed by atoms with Gasteiger partial charge in [0.1, 0.15) is 0 Å². The normalized spacial score (nSPS) is 12.3. The predicted octanol–water partition coefficient (Wildman–Crippen LogP) is 3.64. The Kier molecular flexibility index (Phi) is 11.0. The first-order valence-electron chi connectivity index (χ1n) is 7.52. The molecule has 0 atom stereocenters. The highest BCUT2D eigenvalue weighted by Crippen LogP contribution is 2.23. The summed E-state index contributed by atoms with van der Waals surface area (Å²) in [6.07, 6.45) is 4.53. The van der Waals surface area contributed by atoms with Crippen molar-refractivity contribution in [3.63, 3.8) is 0 Å². The Labute approximate surface area is 115 Å². The third-order valence-electron chi connectivity index (χ3n) is 2.93. The molecule has 0 rings (SSSR count). The molecule has 0 fully saturated rings. The van der Waals surface area contributed by atoms with Crippen molar-refractivity contribution in [2.75, 3.05) is 33.9 Å². The Bertz CT molecular complexity index is 181. The van der Waals surface area contributed by atoms with Crippen LogP contribution in [0.4, 0.5) is 0 Å². The number of rotatable bonds is 12. The molecule has 0 saturated carbocycles. The van der Waals surface area contributed by atoms with Crippen LogP contribution in [0.2, 0.25) is 12.1 Å². The highest BCUT2D eigenvalue weighted by atomic mass is 28.4. The summed E-state index contributed by atoms with van der Waals surface area (Å²) in [4.78, 5) is 2.24. The van der Waals surface area contributed by atoms with E-state index in [1.54, 1.807) is 0 Å². The van der Waals surface area contributed by atoms with Crippen molar-refractivity contribution < 1.29 is 8.85 Å². The molecule has 0 aliphatic heterocycles. The fourth-order valence-electron chi connectivity index (χ4n) is 2.08. The number of hydrogen-bond acceptors (Lipinski definition) is 3. The first kappa shape index (κ1) is 18.1. The standard InChI is InChI=1S/C14H33NO2Si/c1-6-11-16-18(13-8-3,17-12-7-2)14-9-10-15(4)5/h6-14H2,1-5H3. The van der Waals surface area contributed by atoms with Gasteiger partial charge in [-0.2, -0.15) is 0 Å². The summed E-state index contributed by atoms with van der Waals surface area (Å²) in [7, 11) is 2.32. The van der Waals surface area contributed by atoms with Gasteiger partial charge in [0.15, 0.2) is 0 Å². The van der Waals surface area contributed by atoms with Crippen LogP contribution in [-0.4, -0.2) is 47.3 Å². The van der Waals surface area contributed by atoms with E-state index in [1.807, 2.05) is 0 Å². The van der Waals surface area contributed by atoms with Crippen LogP contribution in [0, 0.1) is 0 Å². The average Bonchev–Trinajstić information content (AvgIpc) is 2.33. The smallest absolute Gasteiger partial charge is 0.338 e. The molecule has 0 spiro atoms. The van der Waals surface area contributed by atoms with Gasteiger partial charge in [0, 0.05) is 13.2 Å². The zero-order chi connectivity index (χ0) is 13.9. The number of hydrogen-bond donors (Lipinski definition) is 0. The van der Waals surface area contributed by atoms with E-state index in [0.717, 1.165) is 44.7 Å². The van der Waals surface area contributed by atoms with Gasteiger partial charge in [0.25, 0.3) is 0 Å². The van der Waals surface area contributed by atoms with Crippen LogP contribution >= 0.6 is 0 Å². The van der Waals surface area contributed by atoms with Crippen molar-refractivity contribution in [1.82, 2.24) is 4.90 Å². The molecule has 0 heterocycles. The van der Waals surface area contributed by atoms with Crippen LogP contribution in [0.25, 0.3) is 0 Å². The topological polar surface area (TPSA) is 21.7 Å². The molecule has 0 aliphatic rings. The largest absolute Gasteiger partial charge is 0.394 e. The Morgan fingerprint density at radius 2 is 1.39 bits per heavy atom. The molecule has 0 aromatic heterocycles. The molecule has 4 heteroatoms. The fourth-order valence-corrected chi connectivity index (χ4v) is 5.60. The van der Waals surface area contributed by atoms with Crippen molar-refractivity contribution >= 4 is 8.56 Å². The minimum Gasteiger partial charge on any atom is -0.394 e. The van der Waals surface area contributed by atoms with Crippen molar-refractivity contribution in [3.05, 3.63) is 0 Å². The van der Waals surface area contributed by atoms with E-state index in [0.29, 0.717) is 0 Å². The summed E-state index contributed by atoms with van der Waals surface area (Å²) in [6, 6.07) is 2.28. The minimum absolute atomic E-state index is 0.859. The maximum Gasteiger partial charge on any atom is 0.338 e. The van der Waals surface area contributed by atoms with E-state index >= 15 is 0 Å². The Morgan fingerprint density at radius 3 is 1.78 bits per heavy atom. The van der Waals surface area contributed by atoms with Gasteiger partial charge < -0.3 is 13.8 Å². The third kappa shape index (κ3) is 8.24. The molecule has 0 bridgehead atoms. The summed E-state index contributed by atoms with van der Waals surface area (Å²) < 4.78 is 12.4. The van der Waals surface area contributed by atoms with Crippen LogP contribution in [0.15, 0.2) is 0 Å². The van der Waals surface area contributed by atoms with Gasteiger partial charge >= 0.3 is 8.56 Å². The van der Waals surface area contributed by atoms with Crippen LogP contribution in [0.1, 0.15) is 46.5 Å². The summed E-state index contributed by atoms with van der Waals surface area (Å²) in [6.45, 7) is 9.42. The van der Waals surface area contributed by atoms with E-state index in [4.69, 9.17) is 8.85 Å². The first-order valence-corrected chi connectivity index (χ1v) is 9.76. The second kappa shape index (κ2) is 11.0. The molecule has 0 radical (unpaired) electrons. The van der Waals surface area contributed by atoms with Crippen LogP contribution in [0.3, 0.4) is 0 Å². The second-order valence-corrected chi connectivity index (χ2v) is 8.66.